The molecule has 9 heteroatoms. The highest BCUT2D eigenvalue weighted by Crippen LogP contribution is 2.15. The number of hydrogen-bond donors (Lipinski definition) is 2. The Hall–Kier alpha value is -2.42. The van der Waals surface area contributed by atoms with E-state index in [1.807, 2.05) is 25.4 Å². The lowest BCUT2D eigenvalue weighted by Gasteiger charge is -2.12. The van der Waals surface area contributed by atoms with Gasteiger partial charge in [-0.15, -0.1) is 0 Å². The van der Waals surface area contributed by atoms with E-state index in [4.69, 9.17) is 0 Å². The van der Waals surface area contributed by atoms with Gasteiger partial charge in [0, 0.05) is 37.6 Å². The summed E-state index contributed by atoms with van der Waals surface area (Å²) in [6.45, 7) is 0.325. The fourth-order valence-corrected chi connectivity index (χ4v) is 4.25. The molecule has 0 radical (unpaired) electrons. The lowest BCUT2D eigenvalue weighted by molar-refractivity contribution is 0.237. The summed E-state index contributed by atoms with van der Waals surface area (Å²) in [7, 11) is -1.15. The Kier molecular flexibility index (Phi) is 4.52. The Bertz CT molecular complexity index is 829. The van der Waals surface area contributed by atoms with Gasteiger partial charge in [-0.05, 0) is 18.1 Å². The van der Waals surface area contributed by atoms with Gasteiger partial charge in [0.05, 0.1) is 23.4 Å². The smallest absolute Gasteiger partial charge is 0.315 e. The summed E-state index contributed by atoms with van der Waals surface area (Å²) in [5, 5.41) is 9.50. The van der Waals surface area contributed by atoms with Gasteiger partial charge in [-0.2, -0.15) is 5.10 Å². The molecule has 24 heavy (non-hydrogen) atoms. The third kappa shape index (κ3) is 4.10. The van der Waals surface area contributed by atoms with Crippen LogP contribution in [0.15, 0.2) is 30.7 Å². The first-order valence-electron chi connectivity index (χ1n) is 7.60. The molecule has 0 spiro atoms. The molecular formula is C15H19N5O3S. The van der Waals surface area contributed by atoms with Gasteiger partial charge in [0.2, 0.25) is 0 Å². The van der Waals surface area contributed by atoms with Crippen molar-refractivity contribution >= 4 is 15.9 Å². The van der Waals surface area contributed by atoms with Crippen molar-refractivity contribution in [2.75, 3.05) is 11.5 Å². The van der Waals surface area contributed by atoms with E-state index in [9.17, 15) is 13.2 Å². The van der Waals surface area contributed by atoms with E-state index in [-0.39, 0.29) is 23.6 Å². The SMILES string of the molecule is Cn1cc(-c2ccc(CNC(=O)N[C@@H]3CCS(=O)(=O)C3)cn2)cn1. The Morgan fingerprint density at radius 2 is 2.21 bits per heavy atom. The highest BCUT2D eigenvalue weighted by atomic mass is 32.2. The summed E-state index contributed by atoms with van der Waals surface area (Å²) in [6, 6.07) is 3.08. The van der Waals surface area contributed by atoms with Gasteiger partial charge in [0.1, 0.15) is 0 Å². The predicted octanol–water partition coefficient (Wildman–Crippen LogP) is 0.468. The topological polar surface area (TPSA) is 106 Å². The van der Waals surface area contributed by atoms with Crippen LogP contribution < -0.4 is 10.6 Å². The van der Waals surface area contributed by atoms with Gasteiger partial charge < -0.3 is 10.6 Å². The standard InChI is InChI=1S/C15H19N5O3S/c1-20-9-12(8-18-20)14-3-2-11(6-16-14)7-17-15(21)19-13-4-5-24(22,23)10-13/h2-3,6,8-9,13H,4-5,7,10H2,1H3,(H2,17,19,21)/t13-/m1/s1. The van der Waals surface area contributed by atoms with Crippen LogP contribution in [-0.4, -0.2) is 46.8 Å². The molecule has 3 rings (SSSR count). The number of pyridine rings is 1. The first-order valence-corrected chi connectivity index (χ1v) is 9.42. The molecule has 1 atom stereocenters. The van der Waals surface area contributed by atoms with E-state index in [1.54, 1.807) is 17.1 Å². The molecule has 8 nitrogen and oxygen atoms in total. The van der Waals surface area contributed by atoms with Crippen molar-refractivity contribution < 1.29 is 13.2 Å². The molecule has 2 aromatic rings. The number of nitrogens with one attached hydrogen (secondary N) is 2. The maximum Gasteiger partial charge on any atom is 0.315 e. The van der Waals surface area contributed by atoms with Crippen LogP contribution in [0.1, 0.15) is 12.0 Å². The van der Waals surface area contributed by atoms with E-state index in [2.05, 4.69) is 20.7 Å². The molecule has 2 N–H and O–H groups in total. The normalized spacial score (nSPS) is 19.1. The summed E-state index contributed by atoms with van der Waals surface area (Å²) in [6.07, 6.45) is 5.78. The van der Waals surface area contributed by atoms with Crippen molar-refractivity contribution in [1.29, 1.82) is 0 Å². The summed E-state index contributed by atoms with van der Waals surface area (Å²) in [5.41, 5.74) is 2.60. The lowest BCUT2D eigenvalue weighted by Crippen LogP contribution is -2.42. The monoisotopic (exact) mass is 349 g/mol. The Labute approximate surface area is 140 Å². The van der Waals surface area contributed by atoms with Crippen molar-refractivity contribution in [1.82, 2.24) is 25.4 Å². The maximum atomic E-state index is 11.8. The number of rotatable bonds is 4. The van der Waals surface area contributed by atoms with Gasteiger partial charge in [0.25, 0.3) is 0 Å². The zero-order chi connectivity index (χ0) is 17.2. The van der Waals surface area contributed by atoms with Gasteiger partial charge in [-0.1, -0.05) is 6.07 Å². The number of urea groups is 1. The third-order valence-electron chi connectivity index (χ3n) is 3.85. The molecule has 0 saturated carbocycles. The molecule has 1 saturated heterocycles. The number of nitrogens with zero attached hydrogens (tertiary/aromatic N) is 3. The summed E-state index contributed by atoms with van der Waals surface area (Å²) < 4.78 is 24.4. The largest absolute Gasteiger partial charge is 0.334 e. The molecule has 128 valence electrons. The number of aromatic nitrogens is 3. The van der Waals surface area contributed by atoms with Crippen LogP contribution in [0.4, 0.5) is 4.79 Å². The van der Waals surface area contributed by atoms with Crippen LogP contribution in [-0.2, 0) is 23.4 Å². The zero-order valence-corrected chi connectivity index (χ0v) is 14.1. The van der Waals surface area contributed by atoms with E-state index in [1.165, 1.54) is 0 Å². The first-order chi connectivity index (χ1) is 11.4. The van der Waals surface area contributed by atoms with E-state index >= 15 is 0 Å². The van der Waals surface area contributed by atoms with Crippen LogP contribution in [0.5, 0.6) is 0 Å². The van der Waals surface area contributed by atoms with Crippen LogP contribution in [0.3, 0.4) is 0 Å². The Balaban J connectivity index is 1.50. The van der Waals surface area contributed by atoms with Gasteiger partial charge >= 0.3 is 6.03 Å². The summed E-state index contributed by atoms with van der Waals surface area (Å²) in [4.78, 5) is 16.2. The van der Waals surface area contributed by atoms with Crippen molar-refractivity contribution in [3.63, 3.8) is 0 Å². The number of hydrogen-bond acceptors (Lipinski definition) is 5. The van der Waals surface area contributed by atoms with Crippen LogP contribution >= 0.6 is 0 Å². The van der Waals surface area contributed by atoms with Crippen molar-refractivity contribution in [3.05, 3.63) is 36.3 Å². The van der Waals surface area contributed by atoms with Gasteiger partial charge in [0.15, 0.2) is 9.84 Å². The molecule has 3 heterocycles. The number of carbonyl (C=O) groups excluding carboxylic acids is 1. The Morgan fingerprint density at radius 3 is 2.79 bits per heavy atom. The summed E-state index contributed by atoms with van der Waals surface area (Å²) in [5.74, 6) is 0.152. The van der Waals surface area contributed by atoms with Crippen molar-refractivity contribution in [2.24, 2.45) is 7.05 Å². The molecule has 1 aliphatic heterocycles. The second kappa shape index (κ2) is 6.60. The molecule has 0 aromatic carbocycles. The molecule has 2 amide bonds. The minimum atomic E-state index is -3.00. The molecule has 0 aliphatic carbocycles. The van der Waals surface area contributed by atoms with Gasteiger partial charge in [-0.25, -0.2) is 13.2 Å². The maximum absolute atomic E-state index is 11.8. The third-order valence-corrected chi connectivity index (χ3v) is 5.61. The van der Waals surface area contributed by atoms with Crippen LogP contribution in [0.25, 0.3) is 11.3 Å². The highest BCUT2D eigenvalue weighted by molar-refractivity contribution is 7.91. The minimum absolute atomic E-state index is 0.0157. The molecule has 1 aliphatic rings. The van der Waals surface area contributed by atoms with Crippen molar-refractivity contribution in [3.8, 4) is 11.3 Å². The average Bonchev–Trinajstić information content (AvgIpc) is 3.11. The number of amides is 2. The highest BCUT2D eigenvalue weighted by Gasteiger charge is 2.28. The summed E-state index contributed by atoms with van der Waals surface area (Å²) >= 11 is 0. The fraction of sp³-hybridized carbons (Fsp3) is 0.400. The second-order valence-corrected chi connectivity index (χ2v) is 8.11. The van der Waals surface area contributed by atoms with Crippen LogP contribution in [0, 0.1) is 0 Å². The second-order valence-electron chi connectivity index (χ2n) is 5.88. The van der Waals surface area contributed by atoms with Gasteiger partial charge in [-0.3, -0.25) is 9.67 Å². The number of sulfone groups is 1. The minimum Gasteiger partial charge on any atom is -0.334 e. The van der Waals surface area contributed by atoms with Crippen molar-refractivity contribution in [2.45, 2.75) is 19.0 Å². The first kappa shape index (κ1) is 16.4. The quantitative estimate of drug-likeness (QED) is 0.834. The molecule has 1 fully saturated rings. The molecular weight excluding hydrogens is 330 g/mol. The van der Waals surface area contributed by atoms with E-state index in [0.29, 0.717) is 13.0 Å². The number of carbonyl (C=O) groups is 1. The van der Waals surface area contributed by atoms with Crippen LogP contribution in [0.2, 0.25) is 0 Å². The van der Waals surface area contributed by atoms with E-state index < -0.39 is 9.84 Å². The lowest BCUT2D eigenvalue weighted by atomic mass is 10.2. The fourth-order valence-electron chi connectivity index (χ4n) is 2.58. The molecule has 0 unspecified atom stereocenters. The molecule has 0 bridgehead atoms. The zero-order valence-electron chi connectivity index (χ0n) is 13.3. The number of aryl methyl sites for hydroxylation is 1. The predicted molar refractivity (Wildman–Crippen MR) is 88.9 cm³/mol. The average molecular weight is 349 g/mol. The Morgan fingerprint density at radius 1 is 1.38 bits per heavy atom. The van der Waals surface area contributed by atoms with E-state index in [0.717, 1.165) is 16.8 Å². The molecule has 2 aromatic heterocycles.